The molecule has 1 heterocycles. The Hall–Kier alpha value is -1.33. The molecule has 2 fully saturated rings. The summed E-state index contributed by atoms with van der Waals surface area (Å²) in [6, 6.07) is 5.15. The Balaban J connectivity index is 1.76. The van der Waals surface area contributed by atoms with Crippen molar-refractivity contribution in [2.75, 3.05) is 32.5 Å². The van der Waals surface area contributed by atoms with Crippen molar-refractivity contribution in [1.29, 1.82) is 0 Å². The molecule has 1 aliphatic carbocycles. The van der Waals surface area contributed by atoms with Gasteiger partial charge in [0.15, 0.2) is 0 Å². The van der Waals surface area contributed by atoms with E-state index in [1.807, 2.05) is 4.90 Å². The Kier molecular flexibility index (Phi) is 6.08. The van der Waals surface area contributed by atoms with Crippen molar-refractivity contribution in [1.82, 2.24) is 9.80 Å². The van der Waals surface area contributed by atoms with E-state index in [1.165, 1.54) is 6.07 Å². The Morgan fingerprint density at radius 1 is 1.23 bits per heavy atom. The second-order valence-corrected chi connectivity index (χ2v) is 8.29. The van der Waals surface area contributed by atoms with Crippen LogP contribution in [0.3, 0.4) is 0 Å². The van der Waals surface area contributed by atoms with Crippen molar-refractivity contribution in [2.24, 2.45) is 0 Å². The van der Waals surface area contributed by atoms with Crippen LogP contribution in [0.25, 0.3) is 0 Å². The number of hydrogen-bond acceptors (Lipinski definition) is 3. The van der Waals surface area contributed by atoms with Gasteiger partial charge in [-0.3, -0.25) is 4.79 Å². The molecule has 4 nitrogen and oxygen atoms in total. The Morgan fingerprint density at radius 2 is 1.88 bits per heavy atom. The second-order valence-electron chi connectivity index (χ2n) is 7.88. The number of halogens is 2. The Labute approximate surface area is 160 Å². The molecular formula is C20H29ClFN3O. The van der Waals surface area contributed by atoms with Crippen LogP contribution in [-0.4, -0.2) is 54.5 Å². The van der Waals surface area contributed by atoms with Crippen LogP contribution < -0.4 is 5.32 Å². The lowest BCUT2D eigenvalue weighted by Gasteiger charge is -2.43. The van der Waals surface area contributed by atoms with Crippen LogP contribution in [0.2, 0.25) is 5.02 Å². The zero-order chi connectivity index (χ0) is 18.7. The van der Waals surface area contributed by atoms with E-state index in [9.17, 15) is 9.18 Å². The molecular weight excluding hydrogens is 353 g/mol. The zero-order valence-electron chi connectivity index (χ0n) is 15.7. The maximum atomic E-state index is 13.5. The van der Waals surface area contributed by atoms with Crippen molar-refractivity contribution in [3.63, 3.8) is 0 Å². The molecule has 1 saturated carbocycles. The number of carbonyl (C=O) groups excluding carboxylic acids is 1. The van der Waals surface area contributed by atoms with Gasteiger partial charge in [0, 0.05) is 24.8 Å². The number of likely N-dealkylation sites (tertiary alicyclic amines) is 1. The number of carbonyl (C=O) groups is 1. The van der Waals surface area contributed by atoms with Gasteiger partial charge in [0.05, 0.1) is 5.02 Å². The van der Waals surface area contributed by atoms with Gasteiger partial charge in [-0.15, -0.1) is 0 Å². The third kappa shape index (κ3) is 4.15. The first-order valence-electron chi connectivity index (χ1n) is 9.60. The summed E-state index contributed by atoms with van der Waals surface area (Å²) in [5.74, 6) is -0.248. The van der Waals surface area contributed by atoms with E-state index in [0.717, 1.165) is 63.7 Å². The van der Waals surface area contributed by atoms with Gasteiger partial charge in [0.25, 0.3) is 0 Å². The third-order valence-electron chi connectivity index (χ3n) is 5.90. The molecule has 144 valence electrons. The predicted octanol–water partition coefficient (Wildman–Crippen LogP) is 4.15. The van der Waals surface area contributed by atoms with E-state index in [0.29, 0.717) is 6.04 Å². The first kappa shape index (κ1) is 19.4. The van der Waals surface area contributed by atoms with Gasteiger partial charge in [-0.1, -0.05) is 30.9 Å². The monoisotopic (exact) mass is 381 g/mol. The van der Waals surface area contributed by atoms with Crippen LogP contribution in [0.1, 0.15) is 44.9 Å². The number of rotatable bonds is 4. The first-order valence-corrected chi connectivity index (χ1v) is 9.98. The number of nitrogens with zero attached hydrogens (tertiary/aromatic N) is 2. The van der Waals surface area contributed by atoms with Gasteiger partial charge in [-0.05, 0) is 58.0 Å². The summed E-state index contributed by atoms with van der Waals surface area (Å²) in [7, 11) is 4.20. The average Bonchev–Trinajstić information content (AvgIpc) is 2.65. The van der Waals surface area contributed by atoms with E-state index in [1.54, 1.807) is 12.1 Å². The highest BCUT2D eigenvalue weighted by Gasteiger charge is 2.43. The van der Waals surface area contributed by atoms with Crippen LogP contribution in [0, 0.1) is 5.82 Å². The summed E-state index contributed by atoms with van der Waals surface area (Å²) in [6.45, 7) is 1.60. The van der Waals surface area contributed by atoms with E-state index in [-0.39, 0.29) is 10.9 Å². The lowest BCUT2D eigenvalue weighted by molar-refractivity contribution is -0.138. The van der Waals surface area contributed by atoms with Gasteiger partial charge in [-0.25, -0.2) is 4.39 Å². The number of benzene rings is 1. The summed E-state index contributed by atoms with van der Waals surface area (Å²) < 4.78 is 13.5. The van der Waals surface area contributed by atoms with Crippen molar-refractivity contribution in [3.8, 4) is 0 Å². The third-order valence-corrected chi connectivity index (χ3v) is 6.19. The van der Waals surface area contributed by atoms with Gasteiger partial charge >= 0.3 is 0 Å². The lowest BCUT2D eigenvalue weighted by atomic mass is 9.79. The molecule has 1 aliphatic heterocycles. The summed E-state index contributed by atoms with van der Waals surface area (Å²) in [5, 5.41) is 3.52. The van der Waals surface area contributed by atoms with Crippen LogP contribution >= 0.6 is 11.6 Å². The largest absolute Gasteiger partial charge is 0.371 e. The molecule has 1 amide bonds. The molecule has 1 aromatic rings. The van der Waals surface area contributed by atoms with Crippen molar-refractivity contribution in [2.45, 2.75) is 56.5 Å². The molecule has 0 bridgehead atoms. The van der Waals surface area contributed by atoms with Gasteiger partial charge in [0.2, 0.25) is 5.91 Å². The van der Waals surface area contributed by atoms with E-state index < -0.39 is 11.4 Å². The Morgan fingerprint density at radius 3 is 2.46 bits per heavy atom. The number of hydrogen-bond donors (Lipinski definition) is 1. The highest BCUT2D eigenvalue weighted by Crippen LogP contribution is 2.35. The fourth-order valence-corrected chi connectivity index (χ4v) is 4.47. The minimum atomic E-state index is -0.593. The van der Waals surface area contributed by atoms with Crippen molar-refractivity contribution < 1.29 is 9.18 Å². The highest BCUT2D eigenvalue weighted by atomic mass is 35.5. The maximum Gasteiger partial charge on any atom is 0.248 e. The first-order chi connectivity index (χ1) is 12.4. The van der Waals surface area contributed by atoms with E-state index in [2.05, 4.69) is 24.3 Å². The molecule has 2 aliphatic rings. The number of piperidine rings is 1. The SMILES string of the molecule is CN(C)C1CCN(C(=O)C2(Nc3ccc(F)c(Cl)c3)CCCCC2)CC1. The molecule has 26 heavy (non-hydrogen) atoms. The molecule has 0 aromatic heterocycles. The molecule has 6 heteroatoms. The summed E-state index contributed by atoms with van der Waals surface area (Å²) >= 11 is 5.94. The molecule has 0 spiro atoms. The summed E-state index contributed by atoms with van der Waals surface area (Å²) in [4.78, 5) is 17.7. The van der Waals surface area contributed by atoms with Crippen LogP contribution in [-0.2, 0) is 4.79 Å². The lowest BCUT2D eigenvalue weighted by Crippen LogP contribution is -2.57. The van der Waals surface area contributed by atoms with Crippen LogP contribution in [0.4, 0.5) is 10.1 Å². The Bertz CT molecular complexity index is 638. The molecule has 1 saturated heterocycles. The van der Waals surface area contributed by atoms with Crippen LogP contribution in [0.5, 0.6) is 0 Å². The minimum absolute atomic E-state index is 0.0835. The number of nitrogens with one attached hydrogen (secondary N) is 1. The molecule has 0 radical (unpaired) electrons. The quantitative estimate of drug-likeness (QED) is 0.851. The van der Waals surface area contributed by atoms with Crippen molar-refractivity contribution >= 4 is 23.2 Å². The van der Waals surface area contributed by atoms with E-state index in [4.69, 9.17) is 11.6 Å². The van der Waals surface area contributed by atoms with Crippen molar-refractivity contribution in [3.05, 3.63) is 29.0 Å². The zero-order valence-corrected chi connectivity index (χ0v) is 16.5. The topological polar surface area (TPSA) is 35.6 Å². The summed E-state index contributed by atoms with van der Waals surface area (Å²) in [5.41, 5.74) is 0.125. The van der Waals surface area contributed by atoms with Gasteiger partial charge in [-0.2, -0.15) is 0 Å². The van der Waals surface area contributed by atoms with Gasteiger partial charge in [0.1, 0.15) is 11.4 Å². The van der Waals surface area contributed by atoms with Crippen LogP contribution in [0.15, 0.2) is 18.2 Å². The number of anilines is 1. The average molecular weight is 382 g/mol. The number of amides is 1. The smallest absolute Gasteiger partial charge is 0.248 e. The molecule has 1 N–H and O–H groups in total. The van der Waals surface area contributed by atoms with E-state index >= 15 is 0 Å². The second kappa shape index (κ2) is 8.13. The van der Waals surface area contributed by atoms with Gasteiger partial charge < -0.3 is 15.1 Å². The molecule has 1 aromatic carbocycles. The maximum absolute atomic E-state index is 13.5. The fraction of sp³-hybridized carbons (Fsp3) is 0.650. The fourth-order valence-electron chi connectivity index (χ4n) is 4.29. The normalized spacial score (nSPS) is 21.0. The summed E-state index contributed by atoms with van der Waals surface area (Å²) in [6.07, 6.45) is 6.87. The molecule has 0 atom stereocenters. The molecule has 0 unspecified atom stereocenters. The minimum Gasteiger partial charge on any atom is -0.371 e. The molecule has 3 rings (SSSR count). The standard InChI is InChI=1S/C20H29ClFN3O/c1-24(2)16-8-12-25(13-9-16)19(26)20(10-4-3-5-11-20)23-15-6-7-18(22)17(21)14-15/h6-7,14,16,23H,3-5,8-13H2,1-2H3. The highest BCUT2D eigenvalue weighted by molar-refractivity contribution is 6.31. The predicted molar refractivity (Wildman–Crippen MR) is 104 cm³/mol.